The third-order valence-corrected chi connectivity index (χ3v) is 6.17. The largest absolute Gasteiger partial charge is 0.490 e. The molecule has 0 bridgehead atoms. The summed E-state index contributed by atoms with van der Waals surface area (Å²) in [4.78, 5) is 16.9. The van der Waals surface area contributed by atoms with E-state index in [1.54, 1.807) is 0 Å². The molecule has 2 aromatic rings. The molecule has 0 unspecified atom stereocenters. The number of ether oxygens (including phenoxy) is 1. The molecule has 1 fully saturated rings. The molecule has 30 heavy (non-hydrogen) atoms. The average Bonchev–Trinajstić information content (AvgIpc) is 2.77. The molecule has 2 heterocycles. The van der Waals surface area contributed by atoms with Gasteiger partial charge in [-0.2, -0.15) is 0 Å². The van der Waals surface area contributed by atoms with Crippen LogP contribution >= 0.6 is 0 Å². The molecule has 2 aliphatic rings. The predicted molar refractivity (Wildman–Crippen MR) is 117 cm³/mol. The predicted octanol–water partition coefficient (Wildman–Crippen LogP) is 2.89. The van der Waals surface area contributed by atoms with E-state index in [1.165, 1.54) is 6.42 Å². The third-order valence-electron chi connectivity index (χ3n) is 5.50. The Kier molecular flexibility index (Phi) is 5.97. The molecule has 8 heteroatoms. The maximum Gasteiger partial charge on any atom is 0.253 e. The van der Waals surface area contributed by atoms with E-state index in [0.717, 1.165) is 49.1 Å². The van der Waals surface area contributed by atoms with E-state index in [4.69, 9.17) is 4.74 Å². The second-order valence-corrected chi connectivity index (χ2v) is 9.63. The molecule has 0 aliphatic carbocycles. The molecule has 0 saturated carbocycles. The molecule has 0 atom stereocenters. The molecular formula is C22H27N3O4S. The van der Waals surface area contributed by atoms with E-state index in [0.29, 0.717) is 24.5 Å². The summed E-state index contributed by atoms with van der Waals surface area (Å²) in [6.45, 7) is 3.15. The lowest BCUT2D eigenvalue weighted by molar-refractivity contribution is 0.0724. The Morgan fingerprint density at radius 3 is 2.47 bits per heavy atom. The fraction of sp³-hybridized carbons (Fsp3) is 0.409. The van der Waals surface area contributed by atoms with Gasteiger partial charge in [-0.1, -0.05) is 12.1 Å². The van der Waals surface area contributed by atoms with Gasteiger partial charge in [-0.25, -0.2) is 13.1 Å². The van der Waals surface area contributed by atoms with Crippen molar-refractivity contribution in [1.82, 2.24) is 9.62 Å². The van der Waals surface area contributed by atoms with Gasteiger partial charge in [0.15, 0.2) is 0 Å². The van der Waals surface area contributed by atoms with Crippen LogP contribution in [0.1, 0.15) is 35.2 Å². The number of likely N-dealkylation sites (tertiary alicyclic amines) is 1. The zero-order valence-corrected chi connectivity index (χ0v) is 18.0. The summed E-state index contributed by atoms with van der Waals surface area (Å²) in [5, 5.41) is 0. The van der Waals surface area contributed by atoms with Crippen molar-refractivity contribution in [3.63, 3.8) is 0 Å². The fourth-order valence-corrected chi connectivity index (χ4v) is 4.34. The number of amides is 1. The highest BCUT2D eigenvalue weighted by Crippen LogP contribution is 2.37. The number of carbonyl (C=O) groups excluding carboxylic acids is 1. The van der Waals surface area contributed by atoms with E-state index in [1.807, 2.05) is 47.4 Å². The lowest BCUT2D eigenvalue weighted by Crippen LogP contribution is -2.35. The zero-order chi connectivity index (χ0) is 21.1. The van der Waals surface area contributed by atoms with Crippen molar-refractivity contribution < 1.29 is 17.9 Å². The molecular weight excluding hydrogens is 402 g/mol. The van der Waals surface area contributed by atoms with Crippen molar-refractivity contribution >= 4 is 27.3 Å². The third kappa shape index (κ3) is 4.76. The van der Waals surface area contributed by atoms with E-state index in [-0.39, 0.29) is 12.5 Å². The van der Waals surface area contributed by atoms with Gasteiger partial charge < -0.3 is 14.5 Å². The summed E-state index contributed by atoms with van der Waals surface area (Å²) < 4.78 is 30.9. The number of anilines is 2. The maximum atomic E-state index is 12.8. The fourth-order valence-electron chi connectivity index (χ4n) is 3.91. The number of nitrogens with one attached hydrogen (secondary N) is 1. The summed E-state index contributed by atoms with van der Waals surface area (Å²) >= 11 is 0. The summed E-state index contributed by atoms with van der Waals surface area (Å²) in [6.07, 6.45) is 4.47. The van der Waals surface area contributed by atoms with Crippen LogP contribution in [0.25, 0.3) is 0 Å². The van der Waals surface area contributed by atoms with Gasteiger partial charge in [0.1, 0.15) is 12.4 Å². The lowest BCUT2D eigenvalue weighted by atomic mass is 10.1. The molecule has 0 aromatic heterocycles. The maximum absolute atomic E-state index is 12.8. The summed E-state index contributed by atoms with van der Waals surface area (Å²) in [6, 6.07) is 13.5. The van der Waals surface area contributed by atoms with E-state index in [2.05, 4.69) is 9.62 Å². The molecule has 4 rings (SSSR count). The van der Waals surface area contributed by atoms with Gasteiger partial charge in [0.2, 0.25) is 10.0 Å². The number of benzene rings is 2. The van der Waals surface area contributed by atoms with Crippen molar-refractivity contribution in [3.05, 3.63) is 53.6 Å². The van der Waals surface area contributed by atoms with Crippen molar-refractivity contribution in [2.75, 3.05) is 37.4 Å². The average molecular weight is 430 g/mol. The minimum atomic E-state index is -3.22. The minimum absolute atomic E-state index is 0.0703. The van der Waals surface area contributed by atoms with Crippen LogP contribution in [-0.2, 0) is 16.6 Å². The van der Waals surface area contributed by atoms with Crippen molar-refractivity contribution in [1.29, 1.82) is 0 Å². The lowest BCUT2D eigenvalue weighted by Gasteiger charge is -2.32. The molecule has 2 aliphatic heterocycles. The van der Waals surface area contributed by atoms with Crippen LogP contribution < -0.4 is 14.4 Å². The zero-order valence-electron chi connectivity index (χ0n) is 17.1. The number of rotatable bonds is 5. The summed E-state index contributed by atoms with van der Waals surface area (Å²) in [5.41, 5.74) is 3.48. The van der Waals surface area contributed by atoms with E-state index < -0.39 is 10.0 Å². The highest BCUT2D eigenvalue weighted by molar-refractivity contribution is 7.88. The van der Waals surface area contributed by atoms with Gasteiger partial charge in [-0.3, -0.25) is 4.79 Å². The molecule has 7 nitrogen and oxygen atoms in total. The topological polar surface area (TPSA) is 79.0 Å². The van der Waals surface area contributed by atoms with Crippen LogP contribution in [0, 0.1) is 0 Å². The number of sulfonamides is 1. The first kappa shape index (κ1) is 20.7. The van der Waals surface area contributed by atoms with Crippen LogP contribution in [0.3, 0.4) is 0 Å². The van der Waals surface area contributed by atoms with Crippen molar-refractivity contribution in [2.24, 2.45) is 0 Å². The van der Waals surface area contributed by atoms with Gasteiger partial charge in [-0.05, 0) is 55.2 Å². The quantitative estimate of drug-likeness (QED) is 0.791. The highest BCUT2D eigenvalue weighted by Gasteiger charge is 2.23. The Labute approximate surface area is 177 Å². The van der Waals surface area contributed by atoms with Gasteiger partial charge in [0, 0.05) is 30.9 Å². The van der Waals surface area contributed by atoms with E-state index >= 15 is 0 Å². The van der Waals surface area contributed by atoms with Crippen molar-refractivity contribution in [3.8, 4) is 5.75 Å². The number of piperidine rings is 1. The van der Waals surface area contributed by atoms with Gasteiger partial charge in [0.25, 0.3) is 5.91 Å². The molecule has 0 spiro atoms. The SMILES string of the molecule is CS(=O)(=O)NCc1ccc(N2CCOc3cc(C(=O)N4CCCCC4)ccc32)cc1. The standard InChI is InChI=1S/C22H27N3O4S/c1-30(27,28)23-16-17-5-8-19(9-6-17)25-13-14-29-21-15-18(7-10-20(21)25)22(26)24-11-3-2-4-12-24/h5-10,15,23H,2-4,11-14,16H2,1H3. The Balaban J connectivity index is 1.51. The number of fused-ring (bicyclic) bond motifs is 1. The van der Waals surface area contributed by atoms with E-state index in [9.17, 15) is 13.2 Å². The molecule has 1 saturated heterocycles. The molecule has 2 aromatic carbocycles. The Morgan fingerprint density at radius 2 is 1.77 bits per heavy atom. The second-order valence-electron chi connectivity index (χ2n) is 7.80. The van der Waals surface area contributed by atoms with Gasteiger partial charge in [-0.15, -0.1) is 0 Å². The van der Waals surface area contributed by atoms with Crippen molar-refractivity contribution in [2.45, 2.75) is 25.8 Å². The normalized spacial score (nSPS) is 16.7. The van der Waals surface area contributed by atoms with Crippen LogP contribution in [0.4, 0.5) is 11.4 Å². The molecule has 0 radical (unpaired) electrons. The molecule has 1 N–H and O–H groups in total. The van der Waals surface area contributed by atoms with Crippen LogP contribution in [0.2, 0.25) is 0 Å². The smallest absolute Gasteiger partial charge is 0.253 e. The summed E-state index contributed by atoms with van der Waals surface area (Å²) in [7, 11) is -3.22. The van der Waals surface area contributed by atoms with Crippen LogP contribution in [0.5, 0.6) is 5.75 Å². The number of carbonyl (C=O) groups is 1. The minimum Gasteiger partial charge on any atom is -0.490 e. The Bertz CT molecular complexity index is 1020. The van der Waals surface area contributed by atoms with Gasteiger partial charge in [0.05, 0.1) is 18.5 Å². The number of nitrogens with zero attached hydrogens (tertiary/aromatic N) is 2. The molecule has 1 amide bonds. The Morgan fingerprint density at radius 1 is 1.03 bits per heavy atom. The summed E-state index contributed by atoms with van der Waals surface area (Å²) in [5.74, 6) is 0.785. The molecule has 160 valence electrons. The monoisotopic (exact) mass is 429 g/mol. The number of hydrogen-bond donors (Lipinski definition) is 1. The highest BCUT2D eigenvalue weighted by atomic mass is 32.2. The second kappa shape index (κ2) is 8.65. The first-order valence-electron chi connectivity index (χ1n) is 10.3. The Hall–Kier alpha value is -2.58. The first-order chi connectivity index (χ1) is 14.4. The first-order valence-corrected chi connectivity index (χ1v) is 12.2. The van der Waals surface area contributed by atoms with Crippen LogP contribution in [0.15, 0.2) is 42.5 Å². The van der Waals surface area contributed by atoms with Gasteiger partial charge >= 0.3 is 0 Å². The number of hydrogen-bond acceptors (Lipinski definition) is 5. The van der Waals surface area contributed by atoms with Crippen LogP contribution in [-0.4, -0.2) is 51.7 Å².